The molecule has 0 spiro atoms. The molecular formula is C22H20Cl3NO2. The van der Waals surface area contributed by atoms with E-state index in [-0.39, 0.29) is 0 Å². The van der Waals surface area contributed by atoms with Gasteiger partial charge in [0.25, 0.3) is 0 Å². The van der Waals surface area contributed by atoms with Gasteiger partial charge in [0.2, 0.25) is 0 Å². The van der Waals surface area contributed by atoms with Crippen molar-refractivity contribution >= 4 is 40.5 Å². The maximum absolute atomic E-state index is 6.21. The third kappa shape index (κ3) is 5.48. The zero-order valence-corrected chi connectivity index (χ0v) is 17.6. The van der Waals surface area contributed by atoms with Gasteiger partial charge in [-0.15, -0.1) is 0 Å². The summed E-state index contributed by atoms with van der Waals surface area (Å²) >= 11 is 18.4. The lowest BCUT2D eigenvalue weighted by Gasteiger charge is -2.15. The minimum atomic E-state index is 0.373. The van der Waals surface area contributed by atoms with E-state index in [4.69, 9.17) is 44.3 Å². The number of ether oxygens (including phenoxy) is 2. The van der Waals surface area contributed by atoms with Crippen molar-refractivity contribution in [1.29, 1.82) is 0 Å². The van der Waals surface area contributed by atoms with Crippen molar-refractivity contribution in [3.8, 4) is 11.5 Å². The molecule has 0 saturated carbocycles. The lowest BCUT2D eigenvalue weighted by molar-refractivity contribution is 0.269. The average molecular weight is 437 g/mol. The fourth-order valence-electron chi connectivity index (χ4n) is 2.65. The molecule has 0 amide bonds. The first kappa shape index (κ1) is 20.7. The highest BCUT2D eigenvalue weighted by atomic mass is 35.5. The predicted octanol–water partition coefficient (Wildman–Crippen LogP) is 7.24. The molecule has 28 heavy (non-hydrogen) atoms. The van der Waals surface area contributed by atoms with Crippen molar-refractivity contribution in [2.45, 2.75) is 20.1 Å². The molecule has 0 fully saturated rings. The Morgan fingerprint density at radius 3 is 2.39 bits per heavy atom. The van der Waals surface area contributed by atoms with Gasteiger partial charge in [0.15, 0.2) is 11.5 Å². The van der Waals surface area contributed by atoms with Gasteiger partial charge >= 0.3 is 0 Å². The summed E-state index contributed by atoms with van der Waals surface area (Å²) in [5, 5.41) is 5.17. The van der Waals surface area contributed by atoms with Gasteiger partial charge in [-0.05, 0) is 48.9 Å². The van der Waals surface area contributed by atoms with E-state index in [1.165, 1.54) is 0 Å². The first-order valence-electron chi connectivity index (χ1n) is 8.87. The van der Waals surface area contributed by atoms with Gasteiger partial charge in [-0.2, -0.15) is 0 Å². The number of hydrogen-bond donors (Lipinski definition) is 1. The summed E-state index contributed by atoms with van der Waals surface area (Å²) in [4.78, 5) is 0. The van der Waals surface area contributed by atoms with Crippen LogP contribution < -0.4 is 14.8 Å². The van der Waals surface area contributed by atoms with Crippen molar-refractivity contribution in [3.05, 3.63) is 86.9 Å². The summed E-state index contributed by atoms with van der Waals surface area (Å²) < 4.78 is 11.7. The van der Waals surface area contributed by atoms with Crippen LogP contribution >= 0.6 is 34.8 Å². The summed E-state index contributed by atoms with van der Waals surface area (Å²) in [6.45, 7) is 3.45. The molecule has 0 aliphatic heterocycles. The third-order valence-electron chi connectivity index (χ3n) is 4.06. The highest BCUT2D eigenvalue weighted by molar-refractivity contribution is 6.36. The van der Waals surface area contributed by atoms with Crippen LogP contribution in [0.5, 0.6) is 11.5 Å². The molecule has 0 radical (unpaired) electrons. The molecule has 146 valence electrons. The Morgan fingerprint density at radius 2 is 1.64 bits per heavy atom. The molecular weight excluding hydrogens is 417 g/mol. The Balaban J connectivity index is 1.70. The Labute approximate surface area is 180 Å². The predicted molar refractivity (Wildman–Crippen MR) is 117 cm³/mol. The largest absolute Gasteiger partial charge is 0.490 e. The molecule has 0 aliphatic carbocycles. The van der Waals surface area contributed by atoms with Crippen LogP contribution in [0.4, 0.5) is 5.69 Å². The Bertz CT molecular complexity index is 947. The number of benzene rings is 3. The summed E-state index contributed by atoms with van der Waals surface area (Å²) in [6, 6.07) is 18.8. The van der Waals surface area contributed by atoms with E-state index < -0.39 is 0 Å². The lowest BCUT2D eigenvalue weighted by atomic mass is 10.2. The van der Waals surface area contributed by atoms with Crippen LogP contribution in [0, 0.1) is 0 Å². The van der Waals surface area contributed by atoms with E-state index in [9.17, 15) is 0 Å². The molecule has 0 saturated heterocycles. The molecule has 3 aromatic carbocycles. The Kier molecular flexibility index (Phi) is 7.32. The maximum Gasteiger partial charge on any atom is 0.161 e. The zero-order chi connectivity index (χ0) is 19.9. The van der Waals surface area contributed by atoms with E-state index >= 15 is 0 Å². The first-order valence-corrected chi connectivity index (χ1v) is 10.0. The van der Waals surface area contributed by atoms with Crippen molar-refractivity contribution in [3.63, 3.8) is 0 Å². The van der Waals surface area contributed by atoms with Crippen LogP contribution in [0.1, 0.15) is 18.1 Å². The van der Waals surface area contributed by atoms with E-state index in [0.29, 0.717) is 46.3 Å². The minimum absolute atomic E-state index is 0.373. The number of hydrogen-bond acceptors (Lipinski definition) is 3. The SMILES string of the molecule is CCOc1cc(CNc2ccc(Cl)cc2Cl)ccc1OCc1ccccc1Cl. The van der Waals surface area contributed by atoms with Gasteiger partial charge in [-0.3, -0.25) is 0 Å². The lowest BCUT2D eigenvalue weighted by Crippen LogP contribution is -2.03. The molecule has 3 rings (SSSR count). The van der Waals surface area contributed by atoms with Crippen molar-refractivity contribution in [2.24, 2.45) is 0 Å². The normalized spacial score (nSPS) is 10.6. The summed E-state index contributed by atoms with van der Waals surface area (Å²) in [5.74, 6) is 1.37. The van der Waals surface area contributed by atoms with E-state index in [1.807, 2.05) is 55.5 Å². The summed E-state index contributed by atoms with van der Waals surface area (Å²) in [5.41, 5.74) is 2.79. The molecule has 6 heteroatoms. The van der Waals surface area contributed by atoms with Crippen LogP contribution in [0.25, 0.3) is 0 Å². The quantitative estimate of drug-likeness (QED) is 0.404. The molecule has 3 aromatic rings. The van der Waals surface area contributed by atoms with Crippen LogP contribution in [-0.4, -0.2) is 6.61 Å². The average Bonchev–Trinajstić information content (AvgIpc) is 2.68. The smallest absolute Gasteiger partial charge is 0.161 e. The number of nitrogens with one attached hydrogen (secondary N) is 1. The molecule has 0 atom stereocenters. The van der Waals surface area contributed by atoms with Crippen molar-refractivity contribution < 1.29 is 9.47 Å². The van der Waals surface area contributed by atoms with Gasteiger partial charge in [0, 0.05) is 22.2 Å². The second-order valence-corrected chi connectivity index (χ2v) is 7.32. The zero-order valence-electron chi connectivity index (χ0n) is 15.3. The summed E-state index contributed by atoms with van der Waals surface area (Å²) in [6.07, 6.45) is 0. The van der Waals surface area contributed by atoms with Gasteiger partial charge in [-0.1, -0.05) is 59.1 Å². The Morgan fingerprint density at radius 1 is 0.821 bits per heavy atom. The van der Waals surface area contributed by atoms with E-state index in [1.54, 1.807) is 12.1 Å². The maximum atomic E-state index is 6.21. The molecule has 0 unspecified atom stereocenters. The van der Waals surface area contributed by atoms with Gasteiger partial charge in [0.1, 0.15) is 6.61 Å². The summed E-state index contributed by atoms with van der Waals surface area (Å²) in [7, 11) is 0. The van der Waals surface area contributed by atoms with Gasteiger partial charge < -0.3 is 14.8 Å². The van der Waals surface area contributed by atoms with E-state index in [0.717, 1.165) is 16.8 Å². The topological polar surface area (TPSA) is 30.5 Å². The van der Waals surface area contributed by atoms with Crippen LogP contribution in [-0.2, 0) is 13.2 Å². The van der Waals surface area contributed by atoms with Crippen molar-refractivity contribution in [1.82, 2.24) is 0 Å². The third-order valence-corrected chi connectivity index (χ3v) is 4.98. The molecule has 0 heterocycles. The molecule has 0 aliphatic rings. The molecule has 0 bridgehead atoms. The fraction of sp³-hybridized carbons (Fsp3) is 0.182. The molecule has 1 N–H and O–H groups in total. The molecule has 3 nitrogen and oxygen atoms in total. The highest BCUT2D eigenvalue weighted by Gasteiger charge is 2.09. The number of rotatable bonds is 8. The van der Waals surface area contributed by atoms with Crippen LogP contribution in [0.3, 0.4) is 0 Å². The number of anilines is 1. The molecule has 0 aromatic heterocycles. The monoisotopic (exact) mass is 435 g/mol. The number of halogens is 3. The first-order chi connectivity index (χ1) is 13.6. The van der Waals surface area contributed by atoms with Crippen LogP contribution in [0.2, 0.25) is 15.1 Å². The van der Waals surface area contributed by atoms with E-state index in [2.05, 4.69) is 5.32 Å². The van der Waals surface area contributed by atoms with Crippen LogP contribution in [0.15, 0.2) is 60.7 Å². The highest BCUT2D eigenvalue weighted by Crippen LogP contribution is 2.31. The van der Waals surface area contributed by atoms with Crippen molar-refractivity contribution in [2.75, 3.05) is 11.9 Å². The fourth-order valence-corrected chi connectivity index (χ4v) is 3.32. The second kappa shape index (κ2) is 9.92. The van der Waals surface area contributed by atoms with Gasteiger partial charge in [0.05, 0.1) is 17.3 Å². The Hall–Kier alpha value is -2.07. The standard InChI is InChI=1S/C22H20Cl3NO2/c1-2-27-22-11-15(13-26-20-9-8-17(23)12-19(20)25)7-10-21(22)28-14-16-5-3-4-6-18(16)24/h3-12,26H,2,13-14H2,1H3. The second-order valence-electron chi connectivity index (χ2n) is 6.07. The van der Waals surface area contributed by atoms with Gasteiger partial charge in [-0.25, -0.2) is 0 Å². The minimum Gasteiger partial charge on any atom is -0.490 e.